The standard InChI is InChI=1S/C20H29N5O4S2/c1-4-7-18-22-23-20(30-18)21-19(26)16-14-15(31(27,28)25(5-2)6-3)8-9-17(16)24-10-12-29-13-11-24/h8-9,14H,4-7,10-13H2,1-3H3,(H,21,23,26). The minimum absolute atomic E-state index is 0.0993. The van der Waals surface area contributed by atoms with E-state index in [-0.39, 0.29) is 4.90 Å². The predicted octanol–water partition coefficient (Wildman–Crippen LogP) is 2.61. The van der Waals surface area contributed by atoms with Gasteiger partial charge in [-0.25, -0.2) is 8.42 Å². The molecule has 0 spiro atoms. The first kappa shape index (κ1) is 23.6. The van der Waals surface area contributed by atoms with Gasteiger partial charge >= 0.3 is 0 Å². The molecule has 9 nitrogen and oxygen atoms in total. The van der Waals surface area contributed by atoms with Crippen LogP contribution in [0.5, 0.6) is 0 Å². The van der Waals surface area contributed by atoms with Crippen LogP contribution in [-0.4, -0.2) is 68.2 Å². The van der Waals surface area contributed by atoms with Gasteiger partial charge in [-0.3, -0.25) is 10.1 Å². The van der Waals surface area contributed by atoms with E-state index in [1.807, 2.05) is 4.90 Å². The molecule has 1 fully saturated rings. The quantitative estimate of drug-likeness (QED) is 0.604. The molecule has 0 unspecified atom stereocenters. The summed E-state index contributed by atoms with van der Waals surface area (Å²) in [4.78, 5) is 15.3. The number of carbonyl (C=O) groups is 1. The number of aromatic nitrogens is 2. The molecule has 0 bridgehead atoms. The lowest BCUT2D eigenvalue weighted by molar-refractivity contribution is 0.102. The molecule has 0 atom stereocenters. The molecule has 1 aromatic heterocycles. The van der Waals surface area contributed by atoms with Crippen molar-refractivity contribution in [2.75, 3.05) is 49.6 Å². The number of hydrogen-bond acceptors (Lipinski definition) is 8. The van der Waals surface area contributed by atoms with Crippen LogP contribution < -0.4 is 10.2 Å². The van der Waals surface area contributed by atoms with Crippen molar-refractivity contribution in [3.05, 3.63) is 28.8 Å². The summed E-state index contributed by atoms with van der Waals surface area (Å²) in [6.07, 6.45) is 1.74. The monoisotopic (exact) mass is 467 g/mol. The number of amides is 1. The molecule has 3 rings (SSSR count). The average molecular weight is 468 g/mol. The predicted molar refractivity (Wildman–Crippen MR) is 121 cm³/mol. The minimum Gasteiger partial charge on any atom is -0.378 e. The molecule has 2 heterocycles. The Bertz CT molecular complexity index is 999. The second-order valence-corrected chi connectivity index (χ2v) is 10.1. The summed E-state index contributed by atoms with van der Waals surface area (Å²) < 4.78 is 32.9. The van der Waals surface area contributed by atoms with Crippen molar-refractivity contribution in [2.24, 2.45) is 0 Å². The molecule has 1 N–H and O–H groups in total. The van der Waals surface area contributed by atoms with Crippen LogP contribution in [0.3, 0.4) is 0 Å². The maximum absolute atomic E-state index is 13.2. The van der Waals surface area contributed by atoms with Gasteiger partial charge in [0.1, 0.15) is 5.01 Å². The number of sulfonamides is 1. The van der Waals surface area contributed by atoms with Crippen molar-refractivity contribution in [3.63, 3.8) is 0 Å². The smallest absolute Gasteiger partial charge is 0.259 e. The summed E-state index contributed by atoms with van der Waals surface area (Å²) >= 11 is 1.33. The van der Waals surface area contributed by atoms with Gasteiger partial charge in [-0.15, -0.1) is 10.2 Å². The molecule has 1 aliphatic heterocycles. The molecule has 1 saturated heterocycles. The fourth-order valence-corrected chi connectivity index (χ4v) is 5.75. The number of nitrogens with zero attached hydrogens (tertiary/aromatic N) is 4. The molecule has 0 radical (unpaired) electrons. The molecule has 1 aliphatic rings. The molecular formula is C20H29N5O4S2. The van der Waals surface area contributed by atoms with E-state index in [1.54, 1.807) is 26.0 Å². The number of hydrogen-bond donors (Lipinski definition) is 1. The lowest BCUT2D eigenvalue weighted by atomic mass is 10.1. The number of morpholine rings is 1. The van der Waals surface area contributed by atoms with Gasteiger partial charge in [0.25, 0.3) is 5.91 Å². The van der Waals surface area contributed by atoms with Crippen molar-refractivity contribution >= 4 is 38.1 Å². The summed E-state index contributed by atoms with van der Waals surface area (Å²) in [5.74, 6) is -0.405. The van der Waals surface area contributed by atoms with Gasteiger partial charge < -0.3 is 9.64 Å². The Labute approximate surface area is 187 Å². The summed E-state index contributed by atoms with van der Waals surface area (Å²) in [5, 5.41) is 12.2. The number of carbonyl (C=O) groups excluding carboxylic acids is 1. The highest BCUT2D eigenvalue weighted by Crippen LogP contribution is 2.28. The average Bonchev–Trinajstić information content (AvgIpc) is 3.21. The Morgan fingerprint density at radius 1 is 1.19 bits per heavy atom. The molecular weight excluding hydrogens is 438 g/mol. The van der Waals surface area contributed by atoms with Crippen molar-refractivity contribution < 1.29 is 17.9 Å². The normalized spacial score (nSPS) is 14.8. The van der Waals surface area contributed by atoms with Crippen LogP contribution in [0, 0.1) is 0 Å². The van der Waals surface area contributed by atoms with Gasteiger partial charge in [0.2, 0.25) is 15.2 Å². The van der Waals surface area contributed by atoms with E-state index in [4.69, 9.17) is 4.74 Å². The van der Waals surface area contributed by atoms with Gasteiger partial charge in [0.15, 0.2) is 0 Å². The van der Waals surface area contributed by atoms with E-state index in [2.05, 4.69) is 22.4 Å². The van der Waals surface area contributed by atoms with Gasteiger partial charge in [-0.1, -0.05) is 32.1 Å². The minimum atomic E-state index is -3.70. The van der Waals surface area contributed by atoms with Gasteiger partial charge in [0, 0.05) is 38.3 Å². The van der Waals surface area contributed by atoms with Crippen LogP contribution in [0.25, 0.3) is 0 Å². The number of benzene rings is 1. The molecule has 1 aromatic carbocycles. The van der Waals surface area contributed by atoms with Crippen molar-refractivity contribution in [1.29, 1.82) is 0 Å². The van der Waals surface area contributed by atoms with Crippen molar-refractivity contribution in [2.45, 2.75) is 38.5 Å². The van der Waals surface area contributed by atoms with E-state index in [0.717, 1.165) is 17.8 Å². The van der Waals surface area contributed by atoms with E-state index in [9.17, 15) is 13.2 Å². The first-order valence-corrected chi connectivity index (χ1v) is 12.8. The number of nitrogens with one attached hydrogen (secondary N) is 1. The van der Waals surface area contributed by atoms with Crippen LogP contribution >= 0.6 is 11.3 Å². The summed E-state index contributed by atoms with van der Waals surface area (Å²) in [6, 6.07) is 4.74. The third-order valence-corrected chi connectivity index (χ3v) is 8.00. The van der Waals surface area contributed by atoms with Crippen LogP contribution in [0.2, 0.25) is 0 Å². The van der Waals surface area contributed by atoms with E-state index < -0.39 is 15.9 Å². The van der Waals surface area contributed by atoms with Crippen LogP contribution in [0.4, 0.5) is 10.8 Å². The molecule has 31 heavy (non-hydrogen) atoms. The molecule has 0 saturated carbocycles. The van der Waals surface area contributed by atoms with Gasteiger partial charge in [-0.05, 0) is 24.6 Å². The highest BCUT2D eigenvalue weighted by molar-refractivity contribution is 7.89. The second kappa shape index (κ2) is 10.5. The molecule has 1 amide bonds. The molecule has 2 aromatic rings. The zero-order valence-corrected chi connectivity index (χ0v) is 19.8. The Hall–Kier alpha value is -2.08. The van der Waals surface area contributed by atoms with Crippen molar-refractivity contribution in [3.8, 4) is 0 Å². The number of aryl methyl sites for hydroxylation is 1. The van der Waals surface area contributed by atoms with Crippen LogP contribution in [0.1, 0.15) is 42.6 Å². The van der Waals surface area contributed by atoms with Gasteiger partial charge in [0.05, 0.1) is 23.7 Å². The Morgan fingerprint density at radius 2 is 1.90 bits per heavy atom. The highest BCUT2D eigenvalue weighted by atomic mass is 32.2. The van der Waals surface area contributed by atoms with E-state index >= 15 is 0 Å². The van der Waals surface area contributed by atoms with E-state index in [1.165, 1.54) is 21.7 Å². The Kier molecular flexibility index (Phi) is 7.98. The number of ether oxygens (including phenoxy) is 1. The number of rotatable bonds is 9. The first-order chi connectivity index (χ1) is 14.9. The topological polar surface area (TPSA) is 105 Å². The Morgan fingerprint density at radius 3 is 2.55 bits per heavy atom. The third kappa shape index (κ3) is 5.40. The second-order valence-electron chi connectivity index (χ2n) is 7.07. The zero-order valence-electron chi connectivity index (χ0n) is 18.1. The highest BCUT2D eigenvalue weighted by Gasteiger charge is 2.26. The van der Waals surface area contributed by atoms with E-state index in [0.29, 0.717) is 55.8 Å². The van der Waals surface area contributed by atoms with Crippen LogP contribution in [-0.2, 0) is 21.2 Å². The maximum Gasteiger partial charge on any atom is 0.259 e. The molecule has 11 heteroatoms. The van der Waals surface area contributed by atoms with Crippen molar-refractivity contribution in [1.82, 2.24) is 14.5 Å². The lowest BCUT2D eigenvalue weighted by Gasteiger charge is -2.30. The Balaban J connectivity index is 1.97. The number of anilines is 2. The first-order valence-electron chi connectivity index (χ1n) is 10.5. The third-order valence-electron chi connectivity index (χ3n) is 5.06. The largest absolute Gasteiger partial charge is 0.378 e. The fourth-order valence-electron chi connectivity index (χ4n) is 3.43. The molecule has 0 aliphatic carbocycles. The fraction of sp³-hybridized carbons (Fsp3) is 0.550. The van der Waals surface area contributed by atoms with Crippen LogP contribution in [0.15, 0.2) is 23.1 Å². The zero-order chi connectivity index (χ0) is 22.4. The molecule has 170 valence electrons. The maximum atomic E-state index is 13.2. The summed E-state index contributed by atoms with van der Waals surface area (Å²) in [6.45, 7) is 8.71. The summed E-state index contributed by atoms with van der Waals surface area (Å²) in [7, 11) is -3.70. The summed E-state index contributed by atoms with van der Waals surface area (Å²) in [5.41, 5.74) is 0.972. The lowest BCUT2D eigenvalue weighted by Crippen LogP contribution is -2.37. The SMILES string of the molecule is CCCc1nnc(NC(=O)c2cc(S(=O)(=O)N(CC)CC)ccc2N2CCOCC2)s1. The van der Waals surface area contributed by atoms with Gasteiger partial charge in [-0.2, -0.15) is 4.31 Å².